The Hall–Kier alpha value is -2.61. The molecule has 0 radical (unpaired) electrons. The Bertz CT molecular complexity index is 861. The van der Waals surface area contributed by atoms with Gasteiger partial charge < -0.3 is 5.73 Å². The molecular weight excluding hydrogens is 304 g/mol. The molecule has 1 aliphatic heterocycles. The minimum absolute atomic E-state index is 0.211. The summed E-state index contributed by atoms with van der Waals surface area (Å²) in [5, 5.41) is 0. The van der Waals surface area contributed by atoms with Gasteiger partial charge in [-0.2, -0.15) is 0 Å². The van der Waals surface area contributed by atoms with Crippen molar-refractivity contribution in [3.8, 4) is 0 Å². The molecule has 2 heteroatoms. The van der Waals surface area contributed by atoms with E-state index in [1.165, 1.54) is 16.8 Å². The quantitative estimate of drug-likeness (QED) is 0.775. The van der Waals surface area contributed by atoms with E-state index in [2.05, 4.69) is 74.5 Å². The predicted molar refractivity (Wildman–Crippen MR) is 106 cm³/mol. The molecule has 2 aromatic carbocycles. The highest BCUT2D eigenvalue weighted by Gasteiger charge is 2.38. The van der Waals surface area contributed by atoms with Crippen LogP contribution in [-0.4, -0.2) is 11.8 Å². The highest BCUT2D eigenvalue weighted by atomic mass is 14.9. The van der Waals surface area contributed by atoms with E-state index < -0.39 is 0 Å². The Balaban J connectivity index is 1.87. The van der Waals surface area contributed by atoms with Crippen LogP contribution in [0.25, 0.3) is 0 Å². The highest BCUT2D eigenvalue weighted by Crippen LogP contribution is 2.44. The summed E-state index contributed by atoms with van der Waals surface area (Å²) < 4.78 is 0. The zero-order valence-corrected chi connectivity index (χ0v) is 14.8. The molecule has 4 atom stereocenters. The average Bonchev–Trinajstić information content (AvgIpc) is 2.62. The van der Waals surface area contributed by atoms with Crippen molar-refractivity contribution in [1.82, 2.24) is 0 Å². The number of hydrogen-bond acceptors (Lipinski definition) is 2. The Morgan fingerprint density at radius 2 is 1.76 bits per heavy atom. The molecule has 2 N–H and O–H groups in total. The minimum atomic E-state index is 0.211. The molecule has 0 saturated heterocycles. The van der Waals surface area contributed by atoms with E-state index in [-0.39, 0.29) is 6.04 Å². The van der Waals surface area contributed by atoms with Crippen molar-refractivity contribution in [2.24, 2.45) is 16.8 Å². The van der Waals surface area contributed by atoms with Crippen LogP contribution in [0.1, 0.15) is 30.9 Å². The third-order valence-electron chi connectivity index (χ3n) is 5.45. The molecule has 2 aromatic rings. The van der Waals surface area contributed by atoms with Gasteiger partial charge in [-0.25, -0.2) is 0 Å². The van der Waals surface area contributed by atoms with Crippen LogP contribution < -0.4 is 5.73 Å². The molecule has 0 saturated carbocycles. The van der Waals surface area contributed by atoms with Crippen molar-refractivity contribution in [3.63, 3.8) is 0 Å². The monoisotopic (exact) mass is 328 g/mol. The third-order valence-corrected chi connectivity index (χ3v) is 5.45. The lowest BCUT2D eigenvalue weighted by atomic mass is 9.69. The standard InChI is InChI=1S/C23H24N2/c1-15-8-6-13-20-21(17-9-4-3-5-10-17)16(2)23(25-22(15)20)18-11-7-12-19(24)14-18/h3-16,21-22H,24H2,1-2H3. The first-order valence-corrected chi connectivity index (χ1v) is 9.02. The van der Waals surface area contributed by atoms with Crippen LogP contribution in [0.3, 0.4) is 0 Å². The maximum Gasteiger partial charge on any atom is 0.0781 e. The van der Waals surface area contributed by atoms with Crippen molar-refractivity contribution in [2.75, 3.05) is 5.73 Å². The minimum Gasteiger partial charge on any atom is -0.399 e. The summed E-state index contributed by atoms with van der Waals surface area (Å²) in [6, 6.07) is 19.2. The molecule has 0 bridgehead atoms. The van der Waals surface area contributed by atoms with E-state index >= 15 is 0 Å². The number of benzene rings is 2. The number of nitrogens with zero attached hydrogens (tertiary/aromatic N) is 1. The highest BCUT2D eigenvalue weighted by molar-refractivity contribution is 6.04. The van der Waals surface area contributed by atoms with E-state index in [1.807, 2.05) is 12.1 Å². The van der Waals surface area contributed by atoms with Gasteiger partial charge >= 0.3 is 0 Å². The SMILES string of the molecule is CC1C=CC=C2C1N=C(c1cccc(N)c1)C(C)C2c1ccccc1. The van der Waals surface area contributed by atoms with Crippen molar-refractivity contribution in [1.29, 1.82) is 0 Å². The van der Waals surface area contributed by atoms with Gasteiger partial charge in [-0.15, -0.1) is 0 Å². The molecule has 4 rings (SSSR count). The first kappa shape index (κ1) is 15.9. The van der Waals surface area contributed by atoms with E-state index in [0.29, 0.717) is 17.8 Å². The van der Waals surface area contributed by atoms with E-state index in [9.17, 15) is 0 Å². The average molecular weight is 328 g/mol. The van der Waals surface area contributed by atoms with Gasteiger partial charge in [0.2, 0.25) is 0 Å². The summed E-state index contributed by atoms with van der Waals surface area (Å²) in [5.41, 5.74) is 11.9. The lowest BCUT2D eigenvalue weighted by molar-refractivity contribution is 0.494. The van der Waals surface area contributed by atoms with Gasteiger partial charge in [0.15, 0.2) is 0 Å². The van der Waals surface area contributed by atoms with Crippen LogP contribution in [0.15, 0.2) is 83.4 Å². The van der Waals surface area contributed by atoms with Crippen molar-refractivity contribution < 1.29 is 0 Å². The fourth-order valence-corrected chi connectivity index (χ4v) is 4.22. The lowest BCUT2D eigenvalue weighted by Crippen LogP contribution is -2.36. The first-order chi connectivity index (χ1) is 12.1. The summed E-state index contributed by atoms with van der Waals surface area (Å²) in [7, 11) is 0. The van der Waals surface area contributed by atoms with Crippen molar-refractivity contribution in [3.05, 3.63) is 89.5 Å². The van der Waals surface area contributed by atoms with Gasteiger partial charge in [0.1, 0.15) is 0 Å². The molecule has 0 fully saturated rings. The Morgan fingerprint density at radius 1 is 0.960 bits per heavy atom. The Kier molecular flexibility index (Phi) is 4.04. The largest absolute Gasteiger partial charge is 0.399 e. The molecule has 0 aromatic heterocycles. The number of fused-ring (bicyclic) bond motifs is 1. The van der Waals surface area contributed by atoms with E-state index in [0.717, 1.165) is 11.3 Å². The summed E-state index contributed by atoms with van der Waals surface area (Å²) in [6.07, 6.45) is 6.73. The van der Waals surface area contributed by atoms with E-state index in [4.69, 9.17) is 10.7 Å². The number of aliphatic imine (C=N–C) groups is 1. The van der Waals surface area contributed by atoms with Gasteiger partial charge in [0.25, 0.3) is 0 Å². The van der Waals surface area contributed by atoms with Crippen LogP contribution in [-0.2, 0) is 0 Å². The van der Waals surface area contributed by atoms with Gasteiger partial charge in [-0.3, -0.25) is 4.99 Å². The summed E-state index contributed by atoms with van der Waals surface area (Å²) in [6.45, 7) is 4.55. The van der Waals surface area contributed by atoms with Crippen LogP contribution in [0.5, 0.6) is 0 Å². The Morgan fingerprint density at radius 3 is 2.52 bits per heavy atom. The first-order valence-electron chi connectivity index (χ1n) is 9.02. The molecule has 4 unspecified atom stereocenters. The molecule has 0 amide bonds. The molecular formula is C23H24N2. The number of hydrogen-bond donors (Lipinski definition) is 1. The van der Waals surface area contributed by atoms with Crippen LogP contribution in [0.2, 0.25) is 0 Å². The van der Waals surface area contributed by atoms with Crippen LogP contribution in [0.4, 0.5) is 5.69 Å². The van der Waals surface area contributed by atoms with Crippen molar-refractivity contribution in [2.45, 2.75) is 25.8 Å². The Labute approximate surface area is 149 Å². The smallest absolute Gasteiger partial charge is 0.0781 e. The van der Waals surface area contributed by atoms with Crippen LogP contribution >= 0.6 is 0 Å². The molecule has 2 aliphatic rings. The molecule has 0 spiro atoms. The van der Waals surface area contributed by atoms with Gasteiger partial charge in [0.05, 0.1) is 6.04 Å². The number of nitrogens with two attached hydrogens (primary N) is 1. The lowest BCUT2D eigenvalue weighted by Gasteiger charge is -2.39. The summed E-state index contributed by atoms with van der Waals surface area (Å²) in [5.74, 6) is 1.08. The van der Waals surface area contributed by atoms with Gasteiger partial charge in [-0.1, -0.05) is 74.5 Å². The molecule has 2 nitrogen and oxygen atoms in total. The number of rotatable bonds is 2. The molecule has 126 valence electrons. The second kappa shape index (κ2) is 6.36. The zero-order valence-electron chi connectivity index (χ0n) is 14.8. The fraction of sp³-hybridized carbons (Fsp3) is 0.261. The fourth-order valence-electron chi connectivity index (χ4n) is 4.22. The van der Waals surface area contributed by atoms with E-state index in [1.54, 1.807) is 0 Å². The second-order valence-electron chi connectivity index (χ2n) is 7.17. The van der Waals surface area contributed by atoms with Gasteiger partial charge in [0, 0.05) is 29.2 Å². The third kappa shape index (κ3) is 2.82. The van der Waals surface area contributed by atoms with Crippen LogP contribution in [0, 0.1) is 11.8 Å². The summed E-state index contributed by atoms with van der Waals surface area (Å²) >= 11 is 0. The zero-order chi connectivity index (χ0) is 17.4. The number of anilines is 1. The van der Waals surface area contributed by atoms with Crippen molar-refractivity contribution >= 4 is 11.4 Å². The predicted octanol–water partition coefficient (Wildman–Crippen LogP) is 4.99. The maximum atomic E-state index is 6.04. The second-order valence-corrected chi connectivity index (χ2v) is 7.17. The summed E-state index contributed by atoms with van der Waals surface area (Å²) in [4.78, 5) is 5.19. The maximum absolute atomic E-state index is 6.04. The molecule has 1 aliphatic carbocycles. The molecule has 25 heavy (non-hydrogen) atoms. The topological polar surface area (TPSA) is 38.4 Å². The molecule has 1 heterocycles. The normalized spacial score (nSPS) is 28.1. The number of allylic oxidation sites excluding steroid dienone is 2. The van der Waals surface area contributed by atoms with Gasteiger partial charge in [-0.05, 0) is 28.8 Å². The number of nitrogen functional groups attached to an aromatic ring is 1.